The van der Waals surface area contributed by atoms with Gasteiger partial charge in [0.05, 0.1) is 12.8 Å². The van der Waals surface area contributed by atoms with Gasteiger partial charge in [-0.1, -0.05) is 12.1 Å². The van der Waals surface area contributed by atoms with Crippen LogP contribution in [0.25, 0.3) is 0 Å². The molecule has 0 amide bonds. The fourth-order valence-electron chi connectivity index (χ4n) is 1.65. The average Bonchev–Trinajstić information content (AvgIpc) is 2.82. The van der Waals surface area contributed by atoms with Crippen molar-refractivity contribution in [3.05, 3.63) is 46.4 Å². The number of aromatic nitrogens is 1. The summed E-state index contributed by atoms with van der Waals surface area (Å²) in [5.74, 6) is 0.894. The Labute approximate surface area is 106 Å². The van der Waals surface area contributed by atoms with E-state index in [2.05, 4.69) is 34.6 Å². The van der Waals surface area contributed by atoms with E-state index in [1.54, 1.807) is 7.11 Å². The summed E-state index contributed by atoms with van der Waals surface area (Å²) in [5.41, 5.74) is 5.21. The zero-order valence-corrected chi connectivity index (χ0v) is 10.8. The number of benzene rings is 1. The molecule has 1 aromatic heterocycles. The van der Waals surface area contributed by atoms with Crippen LogP contribution in [0, 0.1) is 5.51 Å². The minimum atomic E-state index is 0.853. The molecular formula is C13H15N2OS. The molecule has 3 nitrogen and oxygen atoms in total. The van der Waals surface area contributed by atoms with Crippen LogP contribution in [-0.2, 0) is 13.1 Å². The molecule has 2 aromatic rings. The van der Waals surface area contributed by atoms with Gasteiger partial charge in [-0.25, -0.2) is 4.98 Å². The van der Waals surface area contributed by atoms with Crippen LogP contribution in [0.15, 0.2) is 29.6 Å². The van der Waals surface area contributed by atoms with E-state index in [4.69, 9.17) is 4.74 Å². The average molecular weight is 247 g/mol. The van der Waals surface area contributed by atoms with Crippen LogP contribution >= 0.6 is 11.3 Å². The molecule has 0 bridgehead atoms. The number of thiazole rings is 1. The lowest BCUT2D eigenvalue weighted by Gasteiger charge is -2.15. The number of hydrogen-bond donors (Lipinski definition) is 0. The molecule has 2 rings (SSSR count). The van der Waals surface area contributed by atoms with Crippen LogP contribution in [0.1, 0.15) is 11.3 Å². The second kappa shape index (κ2) is 5.80. The first-order chi connectivity index (χ1) is 8.28. The molecule has 0 N–H and O–H groups in total. The van der Waals surface area contributed by atoms with Gasteiger partial charge in [-0.2, -0.15) is 0 Å². The van der Waals surface area contributed by atoms with Gasteiger partial charge in [0.1, 0.15) is 5.75 Å². The predicted octanol–water partition coefficient (Wildman–Crippen LogP) is 2.58. The van der Waals surface area contributed by atoms with Crippen molar-refractivity contribution in [1.29, 1.82) is 0 Å². The van der Waals surface area contributed by atoms with Crippen molar-refractivity contribution < 1.29 is 4.74 Å². The van der Waals surface area contributed by atoms with E-state index in [1.165, 1.54) is 16.9 Å². The van der Waals surface area contributed by atoms with Crippen molar-refractivity contribution in [2.45, 2.75) is 13.1 Å². The van der Waals surface area contributed by atoms with Gasteiger partial charge in [-0.05, 0) is 24.7 Å². The third kappa shape index (κ3) is 3.54. The zero-order chi connectivity index (χ0) is 12.1. The highest BCUT2D eigenvalue weighted by atomic mass is 32.1. The monoisotopic (exact) mass is 247 g/mol. The third-order valence-electron chi connectivity index (χ3n) is 2.48. The Kier molecular flexibility index (Phi) is 4.12. The Balaban J connectivity index is 1.91. The Morgan fingerprint density at radius 2 is 2.06 bits per heavy atom. The van der Waals surface area contributed by atoms with Crippen molar-refractivity contribution in [1.82, 2.24) is 9.88 Å². The van der Waals surface area contributed by atoms with Gasteiger partial charge in [0.2, 0.25) is 0 Å². The highest BCUT2D eigenvalue weighted by Gasteiger charge is 2.03. The van der Waals surface area contributed by atoms with Gasteiger partial charge in [-0.3, -0.25) is 4.90 Å². The van der Waals surface area contributed by atoms with E-state index in [1.807, 2.05) is 17.5 Å². The molecular weight excluding hydrogens is 232 g/mol. The van der Waals surface area contributed by atoms with Gasteiger partial charge in [-0.15, -0.1) is 11.3 Å². The maximum absolute atomic E-state index is 5.13. The van der Waals surface area contributed by atoms with E-state index in [9.17, 15) is 0 Å². The summed E-state index contributed by atoms with van der Waals surface area (Å²) < 4.78 is 5.13. The molecule has 0 saturated heterocycles. The second-order valence-electron chi connectivity index (χ2n) is 3.95. The van der Waals surface area contributed by atoms with E-state index in [-0.39, 0.29) is 0 Å². The van der Waals surface area contributed by atoms with Gasteiger partial charge in [0.25, 0.3) is 0 Å². The summed E-state index contributed by atoms with van der Waals surface area (Å²) in [6.45, 7) is 1.76. The molecule has 0 aliphatic heterocycles. The highest BCUT2D eigenvalue weighted by molar-refractivity contribution is 7.07. The number of ether oxygens (including phenoxy) is 1. The van der Waals surface area contributed by atoms with Gasteiger partial charge >= 0.3 is 0 Å². The molecule has 1 aromatic carbocycles. The van der Waals surface area contributed by atoms with Gasteiger partial charge in [0.15, 0.2) is 5.51 Å². The number of methoxy groups -OCH3 is 1. The molecule has 1 heterocycles. The van der Waals surface area contributed by atoms with Crippen LogP contribution in [-0.4, -0.2) is 24.0 Å². The van der Waals surface area contributed by atoms with Crippen LogP contribution in [0.2, 0.25) is 0 Å². The maximum atomic E-state index is 5.13. The van der Waals surface area contributed by atoms with E-state index in [0.29, 0.717) is 0 Å². The summed E-state index contributed by atoms with van der Waals surface area (Å²) in [6, 6.07) is 8.14. The first-order valence-electron chi connectivity index (χ1n) is 5.40. The summed E-state index contributed by atoms with van der Waals surface area (Å²) in [5, 5.41) is 2.03. The fraction of sp³-hybridized carbons (Fsp3) is 0.308. The van der Waals surface area contributed by atoms with Crippen LogP contribution in [0.3, 0.4) is 0 Å². The normalized spacial score (nSPS) is 10.8. The molecule has 0 saturated carbocycles. The number of rotatable bonds is 5. The highest BCUT2D eigenvalue weighted by Crippen LogP contribution is 2.13. The summed E-state index contributed by atoms with van der Waals surface area (Å²) in [7, 11) is 3.77. The number of hydrogen-bond acceptors (Lipinski definition) is 4. The third-order valence-corrected chi connectivity index (χ3v) is 3.07. The smallest absolute Gasteiger partial charge is 0.152 e. The quantitative estimate of drug-likeness (QED) is 0.812. The lowest BCUT2D eigenvalue weighted by atomic mass is 10.2. The van der Waals surface area contributed by atoms with Crippen LogP contribution < -0.4 is 4.74 Å². The SMILES string of the molecule is COc1ccc(CN(C)Cc2cs[c]n2)cc1. The lowest BCUT2D eigenvalue weighted by Crippen LogP contribution is -2.17. The largest absolute Gasteiger partial charge is 0.497 e. The van der Waals surface area contributed by atoms with Crippen molar-refractivity contribution in [3.63, 3.8) is 0 Å². The standard InChI is InChI=1S/C13H15N2OS/c1-15(8-12-9-17-10-14-12)7-11-3-5-13(16-2)6-4-11/h3-6,9H,7-8H2,1-2H3. The Hall–Kier alpha value is -1.39. The molecule has 0 atom stereocenters. The Bertz CT molecular complexity index is 439. The van der Waals surface area contributed by atoms with Crippen molar-refractivity contribution in [2.24, 2.45) is 0 Å². The molecule has 0 unspecified atom stereocenters. The minimum Gasteiger partial charge on any atom is -0.497 e. The number of nitrogens with zero attached hydrogens (tertiary/aromatic N) is 2. The first-order valence-corrected chi connectivity index (χ1v) is 6.28. The molecule has 89 valence electrons. The summed E-state index contributed by atoms with van der Waals surface area (Å²) >= 11 is 1.51. The molecule has 0 aliphatic carbocycles. The van der Waals surface area contributed by atoms with E-state index < -0.39 is 0 Å². The zero-order valence-electron chi connectivity index (χ0n) is 10.0. The summed E-state index contributed by atoms with van der Waals surface area (Å²) in [6.07, 6.45) is 0. The second-order valence-corrected chi connectivity index (χ2v) is 4.60. The summed E-state index contributed by atoms with van der Waals surface area (Å²) in [4.78, 5) is 6.38. The minimum absolute atomic E-state index is 0.853. The van der Waals surface area contributed by atoms with Gasteiger partial charge < -0.3 is 4.74 Å². The van der Waals surface area contributed by atoms with Crippen molar-refractivity contribution in [3.8, 4) is 5.75 Å². The van der Waals surface area contributed by atoms with Crippen LogP contribution in [0.4, 0.5) is 0 Å². The Morgan fingerprint density at radius 1 is 1.29 bits per heavy atom. The molecule has 0 spiro atoms. The van der Waals surface area contributed by atoms with Crippen molar-refractivity contribution >= 4 is 11.3 Å². The van der Waals surface area contributed by atoms with Gasteiger partial charge in [0, 0.05) is 18.5 Å². The fourth-order valence-corrected chi connectivity index (χ4v) is 2.14. The first kappa shape index (κ1) is 12.1. The molecule has 4 heteroatoms. The van der Waals surface area contributed by atoms with E-state index in [0.717, 1.165) is 24.5 Å². The molecule has 1 radical (unpaired) electrons. The van der Waals surface area contributed by atoms with Crippen molar-refractivity contribution in [2.75, 3.05) is 14.2 Å². The molecule has 0 fully saturated rings. The molecule has 0 aliphatic rings. The van der Waals surface area contributed by atoms with E-state index >= 15 is 0 Å². The lowest BCUT2D eigenvalue weighted by molar-refractivity contribution is 0.315. The Morgan fingerprint density at radius 3 is 2.65 bits per heavy atom. The maximum Gasteiger partial charge on any atom is 0.152 e. The predicted molar refractivity (Wildman–Crippen MR) is 69.1 cm³/mol. The topological polar surface area (TPSA) is 25.4 Å². The van der Waals surface area contributed by atoms with Crippen LogP contribution in [0.5, 0.6) is 5.75 Å². The molecule has 17 heavy (non-hydrogen) atoms.